The summed E-state index contributed by atoms with van der Waals surface area (Å²) in [4.78, 5) is 23.4. The number of hydrogen-bond donors (Lipinski definition) is 2. The molecular formula is C9H14ClN5O3. The molecule has 1 rings (SSSR count). The van der Waals surface area contributed by atoms with Crippen molar-refractivity contribution in [2.75, 3.05) is 27.2 Å². The number of halogens is 1. The fraction of sp³-hybridized carbons (Fsp3) is 0.556. The van der Waals surface area contributed by atoms with Gasteiger partial charge in [0, 0.05) is 6.54 Å². The molecule has 0 aliphatic heterocycles. The van der Waals surface area contributed by atoms with E-state index in [1.807, 2.05) is 19.0 Å². The number of carbonyl (C=O) groups excluding carboxylic acids is 1. The summed E-state index contributed by atoms with van der Waals surface area (Å²) in [6.07, 6.45) is 0.767. The van der Waals surface area contributed by atoms with Crippen molar-refractivity contribution < 1.29 is 9.72 Å². The maximum absolute atomic E-state index is 11.6. The Morgan fingerprint density at radius 1 is 1.61 bits per heavy atom. The topological polar surface area (TPSA) is 104 Å². The smallest absolute Gasteiger partial charge is 0.358 e. The predicted octanol–water partition coefficient (Wildman–Crippen LogP) is 0.653. The van der Waals surface area contributed by atoms with Gasteiger partial charge in [-0.25, -0.2) is 0 Å². The van der Waals surface area contributed by atoms with Crippen LogP contribution in [0.3, 0.4) is 0 Å². The monoisotopic (exact) mass is 275 g/mol. The van der Waals surface area contributed by atoms with Crippen LogP contribution in [0.15, 0.2) is 0 Å². The zero-order valence-corrected chi connectivity index (χ0v) is 10.8. The Hall–Kier alpha value is -1.67. The molecule has 100 valence electrons. The fourth-order valence-electron chi connectivity index (χ4n) is 1.27. The van der Waals surface area contributed by atoms with Crippen LogP contribution in [-0.4, -0.2) is 53.1 Å². The molecule has 18 heavy (non-hydrogen) atoms. The van der Waals surface area contributed by atoms with Crippen molar-refractivity contribution in [1.29, 1.82) is 0 Å². The number of nitro groups is 1. The molecule has 2 N–H and O–H groups in total. The van der Waals surface area contributed by atoms with Gasteiger partial charge in [0.2, 0.25) is 0 Å². The molecule has 0 unspecified atom stereocenters. The third-order valence-corrected chi connectivity index (χ3v) is 2.51. The van der Waals surface area contributed by atoms with Crippen LogP contribution in [0.1, 0.15) is 16.9 Å². The Morgan fingerprint density at radius 3 is 2.78 bits per heavy atom. The first kappa shape index (κ1) is 14.4. The number of nitrogens with one attached hydrogen (secondary N) is 2. The standard InChI is InChI=1S/C9H14ClN5O3/c1-14(2)5-3-4-11-9(16)7-6(10)8(13-12-7)15(17)18/h3-5H2,1-2H3,(H,11,16)(H,12,13). The van der Waals surface area contributed by atoms with Crippen molar-refractivity contribution in [3.63, 3.8) is 0 Å². The van der Waals surface area contributed by atoms with Crippen LogP contribution in [0.2, 0.25) is 5.02 Å². The van der Waals surface area contributed by atoms with Crippen LogP contribution in [0, 0.1) is 10.1 Å². The van der Waals surface area contributed by atoms with E-state index >= 15 is 0 Å². The number of aromatic nitrogens is 2. The molecule has 0 spiro atoms. The van der Waals surface area contributed by atoms with Crippen LogP contribution >= 0.6 is 11.6 Å². The Bertz CT molecular complexity index is 445. The van der Waals surface area contributed by atoms with E-state index in [1.54, 1.807) is 0 Å². The molecule has 0 saturated carbocycles. The first-order valence-corrected chi connectivity index (χ1v) is 5.62. The van der Waals surface area contributed by atoms with Crippen molar-refractivity contribution in [1.82, 2.24) is 20.4 Å². The van der Waals surface area contributed by atoms with Gasteiger partial charge in [0.05, 0.1) is 0 Å². The second kappa shape index (κ2) is 6.31. The van der Waals surface area contributed by atoms with Crippen molar-refractivity contribution in [2.45, 2.75) is 6.42 Å². The molecule has 1 heterocycles. The molecule has 1 amide bonds. The summed E-state index contributed by atoms with van der Waals surface area (Å²) < 4.78 is 0. The molecule has 0 bridgehead atoms. The van der Waals surface area contributed by atoms with Gasteiger partial charge in [-0.05, 0) is 32.0 Å². The van der Waals surface area contributed by atoms with Crippen LogP contribution in [0.5, 0.6) is 0 Å². The Morgan fingerprint density at radius 2 is 2.28 bits per heavy atom. The normalized spacial score (nSPS) is 10.7. The summed E-state index contributed by atoms with van der Waals surface area (Å²) in [7, 11) is 3.85. The van der Waals surface area contributed by atoms with E-state index in [0.29, 0.717) is 6.54 Å². The summed E-state index contributed by atoms with van der Waals surface area (Å²) in [5, 5.41) is 18.5. The summed E-state index contributed by atoms with van der Waals surface area (Å²) in [6.45, 7) is 1.28. The van der Waals surface area contributed by atoms with Crippen LogP contribution < -0.4 is 5.32 Å². The first-order valence-electron chi connectivity index (χ1n) is 5.24. The number of hydrogen-bond acceptors (Lipinski definition) is 5. The van der Waals surface area contributed by atoms with Gasteiger partial charge in [0.1, 0.15) is 0 Å². The van der Waals surface area contributed by atoms with Gasteiger partial charge in [-0.2, -0.15) is 0 Å². The summed E-state index contributed by atoms with van der Waals surface area (Å²) in [6, 6.07) is 0. The minimum atomic E-state index is -0.724. The van der Waals surface area contributed by atoms with Gasteiger partial charge in [0.15, 0.2) is 10.7 Å². The van der Waals surface area contributed by atoms with Gasteiger partial charge >= 0.3 is 5.82 Å². The van der Waals surface area contributed by atoms with E-state index < -0.39 is 16.6 Å². The third kappa shape index (κ3) is 3.67. The highest BCUT2D eigenvalue weighted by Gasteiger charge is 2.24. The maximum atomic E-state index is 11.6. The number of rotatable bonds is 6. The molecule has 0 aliphatic rings. The minimum absolute atomic E-state index is 0.159. The summed E-state index contributed by atoms with van der Waals surface area (Å²) in [5.41, 5.74) is -0.159. The zero-order valence-electron chi connectivity index (χ0n) is 10.1. The molecule has 1 aromatic rings. The van der Waals surface area contributed by atoms with Crippen molar-refractivity contribution in [3.05, 3.63) is 20.8 Å². The lowest BCUT2D eigenvalue weighted by Gasteiger charge is -2.08. The van der Waals surface area contributed by atoms with E-state index in [0.717, 1.165) is 13.0 Å². The molecule has 0 aromatic carbocycles. The van der Waals surface area contributed by atoms with Gasteiger partial charge in [-0.3, -0.25) is 4.79 Å². The molecular weight excluding hydrogens is 262 g/mol. The van der Waals surface area contributed by atoms with Gasteiger partial charge in [0.25, 0.3) is 5.91 Å². The third-order valence-electron chi connectivity index (χ3n) is 2.15. The minimum Gasteiger partial charge on any atom is -0.358 e. The lowest BCUT2D eigenvalue weighted by molar-refractivity contribution is -0.389. The molecule has 1 aromatic heterocycles. The van der Waals surface area contributed by atoms with Gasteiger partial charge in [-0.1, -0.05) is 16.7 Å². The second-order valence-corrected chi connectivity index (χ2v) is 4.28. The van der Waals surface area contributed by atoms with Gasteiger partial charge < -0.3 is 20.3 Å². The lowest BCUT2D eigenvalue weighted by atomic mass is 10.3. The zero-order chi connectivity index (χ0) is 13.7. The predicted molar refractivity (Wildman–Crippen MR) is 65.8 cm³/mol. The quantitative estimate of drug-likeness (QED) is 0.451. The maximum Gasteiger partial charge on any atom is 0.362 e. The highest BCUT2D eigenvalue weighted by Crippen LogP contribution is 2.24. The molecule has 0 fully saturated rings. The molecule has 0 saturated heterocycles. The summed E-state index contributed by atoms with van der Waals surface area (Å²) >= 11 is 5.67. The van der Waals surface area contributed by atoms with E-state index in [9.17, 15) is 14.9 Å². The van der Waals surface area contributed by atoms with Gasteiger partial charge in [-0.15, -0.1) is 5.10 Å². The van der Waals surface area contributed by atoms with E-state index in [-0.39, 0.29) is 10.7 Å². The molecule has 8 nitrogen and oxygen atoms in total. The molecule has 9 heteroatoms. The molecule has 0 atom stereocenters. The van der Waals surface area contributed by atoms with E-state index in [1.165, 1.54) is 0 Å². The average molecular weight is 276 g/mol. The summed E-state index contributed by atoms with van der Waals surface area (Å²) in [5.74, 6) is -1.00. The first-order chi connectivity index (χ1) is 8.43. The highest BCUT2D eigenvalue weighted by molar-refractivity contribution is 6.35. The fourth-order valence-corrected chi connectivity index (χ4v) is 1.51. The van der Waals surface area contributed by atoms with Crippen LogP contribution in [0.25, 0.3) is 0 Å². The second-order valence-electron chi connectivity index (χ2n) is 3.90. The van der Waals surface area contributed by atoms with E-state index in [2.05, 4.69) is 15.5 Å². The SMILES string of the molecule is CN(C)CCCNC(=O)c1n[nH]c([N+](=O)[O-])c1Cl. The van der Waals surface area contributed by atoms with Crippen molar-refractivity contribution >= 4 is 23.3 Å². The Kier molecular flexibility index (Phi) is 5.05. The van der Waals surface area contributed by atoms with Crippen molar-refractivity contribution in [3.8, 4) is 0 Å². The van der Waals surface area contributed by atoms with Crippen LogP contribution in [0.4, 0.5) is 5.82 Å². The van der Waals surface area contributed by atoms with Crippen molar-refractivity contribution in [2.24, 2.45) is 0 Å². The Labute approximate surface area is 108 Å². The van der Waals surface area contributed by atoms with Crippen LogP contribution in [-0.2, 0) is 0 Å². The van der Waals surface area contributed by atoms with E-state index in [4.69, 9.17) is 11.6 Å². The average Bonchev–Trinajstić information content (AvgIpc) is 2.66. The number of aromatic amines is 1. The number of carbonyl (C=O) groups is 1. The molecule has 0 radical (unpaired) electrons. The number of H-pyrrole nitrogens is 1. The Balaban J connectivity index is 2.54. The largest absolute Gasteiger partial charge is 0.362 e. The number of nitrogens with zero attached hydrogens (tertiary/aromatic N) is 3. The highest BCUT2D eigenvalue weighted by atomic mass is 35.5. The molecule has 0 aliphatic carbocycles. The lowest BCUT2D eigenvalue weighted by Crippen LogP contribution is -2.27. The number of amides is 1.